The molecule has 1 atom stereocenters. The summed E-state index contributed by atoms with van der Waals surface area (Å²) in [5.74, 6) is 0.554. The van der Waals surface area contributed by atoms with Crippen LogP contribution in [0.3, 0.4) is 0 Å². The molecule has 0 aliphatic heterocycles. The smallest absolute Gasteiger partial charge is 0.185 e. The molecule has 1 aromatic rings. The van der Waals surface area contributed by atoms with Crippen molar-refractivity contribution in [1.82, 2.24) is 10.3 Å². The molecule has 0 radical (unpaired) electrons. The van der Waals surface area contributed by atoms with E-state index in [4.69, 9.17) is 4.98 Å². The van der Waals surface area contributed by atoms with Crippen LogP contribution in [-0.4, -0.2) is 24.6 Å². The van der Waals surface area contributed by atoms with Crippen LogP contribution < -0.4 is 10.2 Å². The van der Waals surface area contributed by atoms with E-state index in [2.05, 4.69) is 44.8 Å². The van der Waals surface area contributed by atoms with Gasteiger partial charge < -0.3 is 10.2 Å². The summed E-state index contributed by atoms with van der Waals surface area (Å²) >= 11 is 1.88. The molecule has 4 heteroatoms. The highest BCUT2D eigenvalue weighted by molar-refractivity contribution is 7.15. The first-order valence-corrected chi connectivity index (χ1v) is 8.94. The minimum atomic E-state index is 0.554. The molecule has 0 fully saturated rings. The summed E-state index contributed by atoms with van der Waals surface area (Å²) in [6.45, 7) is 15.4. The van der Waals surface area contributed by atoms with Gasteiger partial charge in [-0.15, -0.1) is 11.3 Å². The van der Waals surface area contributed by atoms with Gasteiger partial charge in [-0.1, -0.05) is 34.6 Å². The van der Waals surface area contributed by atoms with Gasteiger partial charge in [-0.25, -0.2) is 4.98 Å². The topological polar surface area (TPSA) is 28.2 Å². The number of nitrogens with zero attached hydrogens (tertiary/aromatic N) is 2. The van der Waals surface area contributed by atoms with Crippen molar-refractivity contribution in [3.05, 3.63) is 10.6 Å². The molecule has 0 amide bonds. The highest BCUT2D eigenvalue weighted by atomic mass is 32.1. The van der Waals surface area contributed by atoms with Gasteiger partial charge >= 0.3 is 0 Å². The summed E-state index contributed by atoms with van der Waals surface area (Å²) in [5.41, 5.74) is 1.31. The van der Waals surface area contributed by atoms with E-state index >= 15 is 0 Å². The van der Waals surface area contributed by atoms with Crippen molar-refractivity contribution in [1.29, 1.82) is 0 Å². The van der Waals surface area contributed by atoms with Gasteiger partial charge in [-0.05, 0) is 31.7 Å². The molecule has 0 aromatic carbocycles. The molecule has 0 bridgehead atoms. The van der Waals surface area contributed by atoms with E-state index in [1.807, 2.05) is 11.3 Å². The number of anilines is 1. The Balaban J connectivity index is 2.98. The maximum Gasteiger partial charge on any atom is 0.185 e. The van der Waals surface area contributed by atoms with E-state index in [9.17, 15) is 0 Å². The molecule has 0 saturated heterocycles. The highest BCUT2D eigenvalue weighted by Crippen LogP contribution is 2.32. The van der Waals surface area contributed by atoms with Crippen molar-refractivity contribution in [2.75, 3.05) is 24.5 Å². The summed E-state index contributed by atoms with van der Waals surface area (Å²) in [4.78, 5) is 8.85. The Labute approximate surface area is 128 Å². The maximum absolute atomic E-state index is 4.98. The van der Waals surface area contributed by atoms with Gasteiger partial charge in [0.05, 0.1) is 5.69 Å². The maximum atomic E-state index is 4.98. The second-order valence-electron chi connectivity index (χ2n) is 5.38. The van der Waals surface area contributed by atoms with Crippen LogP contribution in [-0.2, 0) is 6.54 Å². The highest BCUT2D eigenvalue weighted by Gasteiger charge is 2.18. The molecule has 1 heterocycles. The van der Waals surface area contributed by atoms with Gasteiger partial charge in [0.15, 0.2) is 5.13 Å². The van der Waals surface area contributed by atoms with E-state index in [0.717, 1.165) is 32.6 Å². The average molecular weight is 298 g/mol. The number of nitrogens with one attached hydrogen (secondary N) is 1. The Morgan fingerprint density at radius 1 is 1.15 bits per heavy atom. The lowest BCUT2D eigenvalue weighted by atomic mass is 10.0. The van der Waals surface area contributed by atoms with Crippen molar-refractivity contribution < 1.29 is 0 Å². The van der Waals surface area contributed by atoms with Gasteiger partial charge in [-0.2, -0.15) is 0 Å². The first-order chi connectivity index (χ1) is 9.67. The van der Waals surface area contributed by atoms with Gasteiger partial charge in [0, 0.05) is 24.5 Å². The molecule has 0 spiro atoms. The summed E-state index contributed by atoms with van der Waals surface area (Å²) in [6, 6.07) is 0. The first-order valence-electron chi connectivity index (χ1n) is 8.12. The number of rotatable bonds is 10. The van der Waals surface area contributed by atoms with Crippen LogP contribution in [0.4, 0.5) is 5.13 Å². The monoisotopic (exact) mass is 297 g/mol. The van der Waals surface area contributed by atoms with Crippen LogP contribution in [0.15, 0.2) is 0 Å². The SMILES string of the molecule is CCCN(CCC)c1nc(C(C)CC)c(CNCC)s1. The largest absolute Gasteiger partial charge is 0.348 e. The van der Waals surface area contributed by atoms with Crippen LogP contribution in [0.1, 0.15) is 70.4 Å². The van der Waals surface area contributed by atoms with Crippen LogP contribution in [0, 0.1) is 0 Å². The third-order valence-electron chi connectivity index (χ3n) is 3.59. The molecule has 20 heavy (non-hydrogen) atoms. The summed E-state index contributed by atoms with van der Waals surface area (Å²) in [6.07, 6.45) is 3.52. The fourth-order valence-electron chi connectivity index (χ4n) is 2.27. The number of hydrogen-bond acceptors (Lipinski definition) is 4. The molecular formula is C16H31N3S. The third kappa shape index (κ3) is 4.74. The van der Waals surface area contributed by atoms with Crippen LogP contribution in [0.25, 0.3) is 0 Å². The Hall–Kier alpha value is -0.610. The summed E-state index contributed by atoms with van der Waals surface area (Å²) < 4.78 is 0. The van der Waals surface area contributed by atoms with Crippen LogP contribution >= 0.6 is 11.3 Å². The lowest BCUT2D eigenvalue weighted by molar-refractivity contribution is 0.674. The molecule has 1 aromatic heterocycles. The molecule has 116 valence electrons. The summed E-state index contributed by atoms with van der Waals surface area (Å²) in [5, 5.41) is 4.67. The number of thiazole rings is 1. The van der Waals surface area contributed by atoms with Crippen molar-refractivity contribution in [2.24, 2.45) is 0 Å². The quantitative estimate of drug-likeness (QED) is 0.694. The molecule has 0 saturated carbocycles. The first kappa shape index (κ1) is 17.4. The van der Waals surface area contributed by atoms with Crippen molar-refractivity contribution in [3.8, 4) is 0 Å². The Morgan fingerprint density at radius 2 is 1.80 bits per heavy atom. The predicted octanol–water partition coefficient (Wildman–Crippen LogP) is 4.39. The Kier molecular flexibility index (Phi) is 8.15. The van der Waals surface area contributed by atoms with E-state index < -0.39 is 0 Å². The zero-order chi connectivity index (χ0) is 15.0. The third-order valence-corrected chi connectivity index (χ3v) is 4.72. The number of hydrogen-bond donors (Lipinski definition) is 1. The molecule has 3 nitrogen and oxygen atoms in total. The lowest BCUT2D eigenvalue weighted by Gasteiger charge is -2.20. The van der Waals surface area contributed by atoms with Gasteiger partial charge in [0.2, 0.25) is 0 Å². The van der Waals surface area contributed by atoms with Crippen LogP contribution in [0.5, 0.6) is 0 Å². The predicted molar refractivity (Wildman–Crippen MR) is 91.0 cm³/mol. The fraction of sp³-hybridized carbons (Fsp3) is 0.812. The van der Waals surface area contributed by atoms with Crippen molar-refractivity contribution in [2.45, 2.75) is 66.3 Å². The van der Waals surface area contributed by atoms with Gasteiger partial charge in [-0.3, -0.25) is 0 Å². The molecule has 1 rings (SSSR count). The Bertz CT molecular complexity index is 370. The van der Waals surface area contributed by atoms with E-state index in [-0.39, 0.29) is 0 Å². The molecule has 0 aliphatic rings. The molecule has 1 unspecified atom stereocenters. The summed E-state index contributed by atoms with van der Waals surface area (Å²) in [7, 11) is 0. The minimum absolute atomic E-state index is 0.554. The van der Waals surface area contributed by atoms with Crippen molar-refractivity contribution >= 4 is 16.5 Å². The van der Waals surface area contributed by atoms with Gasteiger partial charge in [0.1, 0.15) is 0 Å². The lowest BCUT2D eigenvalue weighted by Crippen LogP contribution is -2.24. The zero-order valence-corrected chi connectivity index (χ0v) is 14.6. The second kappa shape index (κ2) is 9.35. The zero-order valence-electron chi connectivity index (χ0n) is 13.8. The molecular weight excluding hydrogens is 266 g/mol. The average Bonchev–Trinajstić information content (AvgIpc) is 2.88. The Morgan fingerprint density at radius 3 is 2.30 bits per heavy atom. The van der Waals surface area contributed by atoms with E-state index in [1.165, 1.54) is 28.5 Å². The normalized spacial score (nSPS) is 12.7. The van der Waals surface area contributed by atoms with Crippen molar-refractivity contribution in [3.63, 3.8) is 0 Å². The standard InChI is InChI=1S/C16H31N3S/c1-6-10-19(11-7-2)16-18-15(13(5)8-3)14(20-16)12-17-9-4/h13,17H,6-12H2,1-5H3. The van der Waals surface area contributed by atoms with Gasteiger partial charge in [0.25, 0.3) is 0 Å². The molecule has 0 aliphatic carbocycles. The second-order valence-corrected chi connectivity index (χ2v) is 6.44. The fourth-order valence-corrected chi connectivity index (χ4v) is 3.47. The van der Waals surface area contributed by atoms with E-state index in [0.29, 0.717) is 5.92 Å². The number of aromatic nitrogens is 1. The minimum Gasteiger partial charge on any atom is -0.348 e. The van der Waals surface area contributed by atoms with Crippen LogP contribution in [0.2, 0.25) is 0 Å². The van der Waals surface area contributed by atoms with E-state index in [1.54, 1.807) is 0 Å². The molecule has 1 N–H and O–H groups in total.